The van der Waals surface area contributed by atoms with Gasteiger partial charge in [-0.25, -0.2) is 0 Å². The van der Waals surface area contributed by atoms with Gasteiger partial charge >= 0.3 is 0 Å². The quantitative estimate of drug-likeness (QED) is 0.384. The minimum Gasteiger partial charge on any atom is -0.497 e. The highest BCUT2D eigenvalue weighted by Gasteiger charge is 2.43. The molecule has 0 radical (unpaired) electrons. The maximum atomic E-state index is 14.2. The molecule has 1 amide bonds. The van der Waals surface area contributed by atoms with E-state index >= 15 is 0 Å². The van der Waals surface area contributed by atoms with E-state index in [4.69, 9.17) is 14.5 Å². The summed E-state index contributed by atoms with van der Waals surface area (Å²) in [6.07, 6.45) is 0. The molecule has 0 aromatic heterocycles. The Bertz CT molecular complexity index is 1310. The van der Waals surface area contributed by atoms with Gasteiger partial charge in [-0.2, -0.15) is 0 Å². The first kappa shape index (κ1) is 26.9. The molecule has 0 bridgehead atoms. The summed E-state index contributed by atoms with van der Waals surface area (Å²) < 4.78 is 13.2. The highest BCUT2D eigenvalue weighted by atomic mass is 79.9. The average molecular weight is 642 g/mol. The molecule has 0 unspecified atom stereocenters. The van der Waals surface area contributed by atoms with E-state index in [0.29, 0.717) is 23.9 Å². The molecule has 0 spiro atoms. The van der Waals surface area contributed by atoms with Crippen LogP contribution in [0.4, 0.5) is 0 Å². The van der Waals surface area contributed by atoms with Gasteiger partial charge < -0.3 is 14.8 Å². The average Bonchev–Trinajstić information content (AvgIpc) is 3.34. The van der Waals surface area contributed by atoms with Crippen molar-refractivity contribution >= 4 is 43.6 Å². The first-order chi connectivity index (χ1) is 18.5. The number of halogens is 2. The number of piperazine rings is 1. The molecule has 9 heteroatoms. The molecular formula is C29H30Br2N4O3. The smallest absolute Gasteiger partial charge is 0.242 e. The first-order valence-electron chi connectivity index (χ1n) is 12.5. The van der Waals surface area contributed by atoms with Gasteiger partial charge in [0.2, 0.25) is 5.91 Å². The molecule has 3 aromatic carbocycles. The fourth-order valence-electron chi connectivity index (χ4n) is 5.04. The molecule has 1 saturated heterocycles. The van der Waals surface area contributed by atoms with E-state index in [1.165, 1.54) is 0 Å². The number of amides is 1. The molecule has 1 fully saturated rings. The second kappa shape index (κ2) is 12.0. The predicted octanol–water partition coefficient (Wildman–Crippen LogP) is 5.21. The van der Waals surface area contributed by atoms with Crippen molar-refractivity contribution in [2.45, 2.75) is 12.1 Å². The maximum Gasteiger partial charge on any atom is 0.242 e. The zero-order valence-electron chi connectivity index (χ0n) is 21.4. The number of rotatable bonds is 7. The lowest BCUT2D eigenvalue weighted by molar-refractivity contribution is -0.130. The standard InChI is InChI=1S/C29H30Br2N4O3/c1-37-23-11-12-24(25(17-23)38-2)29-33-27(19-3-7-21(30)8-4-19)28(20-5-9-22(31)10-6-20)35(29)26(36)18-34-15-13-32-14-16-34/h3-12,17,27-28,32H,13-16,18H2,1-2H3/t27-,28+/m1/s1. The van der Waals surface area contributed by atoms with Crippen molar-refractivity contribution in [2.24, 2.45) is 4.99 Å². The molecule has 2 aliphatic rings. The first-order valence-corrected chi connectivity index (χ1v) is 14.1. The Labute approximate surface area is 240 Å². The largest absolute Gasteiger partial charge is 0.497 e. The Balaban J connectivity index is 1.65. The van der Waals surface area contributed by atoms with Gasteiger partial charge in [0.05, 0.1) is 32.4 Å². The van der Waals surface area contributed by atoms with Gasteiger partial charge in [0, 0.05) is 41.2 Å². The van der Waals surface area contributed by atoms with Crippen LogP contribution >= 0.6 is 31.9 Å². The monoisotopic (exact) mass is 640 g/mol. The normalized spacial score (nSPS) is 19.8. The van der Waals surface area contributed by atoms with Crippen LogP contribution in [0.2, 0.25) is 0 Å². The number of carbonyl (C=O) groups is 1. The van der Waals surface area contributed by atoms with Crippen molar-refractivity contribution < 1.29 is 14.3 Å². The summed E-state index contributed by atoms with van der Waals surface area (Å²) in [5.41, 5.74) is 2.80. The molecule has 3 aromatic rings. The number of hydrogen-bond acceptors (Lipinski definition) is 6. The Morgan fingerprint density at radius 3 is 2.16 bits per heavy atom. The fraction of sp³-hybridized carbons (Fsp3) is 0.310. The number of aliphatic imine (C=N–C) groups is 1. The summed E-state index contributed by atoms with van der Waals surface area (Å²) in [4.78, 5) is 23.5. The predicted molar refractivity (Wildman–Crippen MR) is 156 cm³/mol. The van der Waals surface area contributed by atoms with Crippen LogP contribution < -0.4 is 14.8 Å². The second-order valence-corrected chi connectivity index (χ2v) is 11.1. The zero-order chi connectivity index (χ0) is 26.6. The molecule has 7 nitrogen and oxygen atoms in total. The van der Waals surface area contributed by atoms with Gasteiger partial charge in [-0.15, -0.1) is 0 Å². The van der Waals surface area contributed by atoms with E-state index < -0.39 is 0 Å². The van der Waals surface area contributed by atoms with Crippen molar-refractivity contribution in [1.29, 1.82) is 0 Å². The molecule has 1 N–H and O–H groups in total. The van der Waals surface area contributed by atoms with Gasteiger partial charge in [-0.05, 0) is 47.5 Å². The number of carbonyl (C=O) groups excluding carboxylic acids is 1. The van der Waals surface area contributed by atoms with Crippen LogP contribution in [0.3, 0.4) is 0 Å². The van der Waals surface area contributed by atoms with Crippen LogP contribution in [0.5, 0.6) is 11.5 Å². The zero-order valence-corrected chi connectivity index (χ0v) is 24.5. The van der Waals surface area contributed by atoms with Crippen molar-refractivity contribution in [3.05, 3.63) is 92.4 Å². The van der Waals surface area contributed by atoms with Crippen molar-refractivity contribution in [2.75, 3.05) is 46.9 Å². The molecular weight excluding hydrogens is 612 g/mol. The third-order valence-electron chi connectivity index (χ3n) is 6.98. The summed E-state index contributed by atoms with van der Waals surface area (Å²) in [6.45, 7) is 3.73. The number of ether oxygens (including phenoxy) is 2. The van der Waals surface area contributed by atoms with Gasteiger partial charge in [0.15, 0.2) is 0 Å². The molecule has 2 aliphatic heterocycles. The Morgan fingerprint density at radius 2 is 1.55 bits per heavy atom. The van der Waals surface area contributed by atoms with Crippen LogP contribution in [0.1, 0.15) is 28.8 Å². The van der Waals surface area contributed by atoms with Crippen molar-refractivity contribution in [3.63, 3.8) is 0 Å². The molecule has 2 heterocycles. The molecule has 0 aliphatic carbocycles. The number of amidine groups is 1. The Morgan fingerprint density at radius 1 is 0.921 bits per heavy atom. The number of nitrogens with one attached hydrogen (secondary N) is 1. The van der Waals surface area contributed by atoms with Crippen molar-refractivity contribution in [3.8, 4) is 11.5 Å². The lowest BCUT2D eigenvalue weighted by atomic mass is 9.93. The minimum atomic E-state index is -0.318. The number of nitrogens with zero attached hydrogens (tertiary/aromatic N) is 3. The lowest BCUT2D eigenvalue weighted by Crippen LogP contribution is -2.49. The van der Waals surface area contributed by atoms with E-state index in [9.17, 15) is 4.79 Å². The fourth-order valence-corrected chi connectivity index (χ4v) is 5.57. The summed E-state index contributed by atoms with van der Waals surface area (Å²) in [5, 5.41) is 3.36. The van der Waals surface area contributed by atoms with Crippen LogP contribution in [0.15, 0.2) is 80.7 Å². The van der Waals surface area contributed by atoms with Gasteiger partial charge in [-0.1, -0.05) is 56.1 Å². The Kier molecular flexibility index (Phi) is 8.48. The molecule has 0 saturated carbocycles. The number of hydrogen-bond donors (Lipinski definition) is 1. The summed E-state index contributed by atoms with van der Waals surface area (Å²) in [5.74, 6) is 1.90. The van der Waals surface area contributed by atoms with E-state index in [1.54, 1.807) is 14.2 Å². The minimum absolute atomic E-state index is 0.0102. The van der Waals surface area contributed by atoms with Gasteiger partial charge in [-0.3, -0.25) is 19.6 Å². The molecule has 38 heavy (non-hydrogen) atoms. The van der Waals surface area contributed by atoms with E-state index in [2.05, 4.69) is 66.3 Å². The Hall–Kier alpha value is -2.72. The number of benzene rings is 3. The summed E-state index contributed by atoms with van der Waals surface area (Å²) >= 11 is 7.11. The summed E-state index contributed by atoms with van der Waals surface area (Å²) in [7, 11) is 3.25. The highest BCUT2D eigenvalue weighted by Crippen LogP contribution is 2.45. The van der Waals surface area contributed by atoms with Crippen LogP contribution in [-0.2, 0) is 4.79 Å². The molecule has 2 atom stereocenters. The van der Waals surface area contributed by atoms with Crippen molar-refractivity contribution in [1.82, 2.24) is 15.1 Å². The van der Waals surface area contributed by atoms with E-state index in [0.717, 1.165) is 51.8 Å². The highest BCUT2D eigenvalue weighted by molar-refractivity contribution is 9.10. The molecule has 198 valence electrons. The van der Waals surface area contributed by atoms with E-state index in [1.807, 2.05) is 47.4 Å². The van der Waals surface area contributed by atoms with Crippen LogP contribution in [0, 0.1) is 0 Å². The third-order valence-corrected chi connectivity index (χ3v) is 8.03. The molecule has 5 rings (SSSR count). The van der Waals surface area contributed by atoms with E-state index in [-0.39, 0.29) is 18.0 Å². The van der Waals surface area contributed by atoms with Crippen LogP contribution in [0.25, 0.3) is 0 Å². The topological polar surface area (TPSA) is 66.4 Å². The van der Waals surface area contributed by atoms with Crippen LogP contribution in [-0.4, -0.2) is 68.5 Å². The maximum absolute atomic E-state index is 14.2. The van der Waals surface area contributed by atoms with Gasteiger partial charge in [0.25, 0.3) is 0 Å². The lowest BCUT2D eigenvalue weighted by Gasteiger charge is -2.33. The third kappa shape index (κ3) is 5.66. The summed E-state index contributed by atoms with van der Waals surface area (Å²) in [6, 6.07) is 21.3. The number of methoxy groups -OCH3 is 2. The second-order valence-electron chi connectivity index (χ2n) is 9.30. The SMILES string of the molecule is COc1ccc(C2=N[C@H](c3ccc(Br)cc3)[C@H](c3ccc(Br)cc3)N2C(=O)CN2CCNCC2)c(OC)c1. The van der Waals surface area contributed by atoms with Gasteiger partial charge in [0.1, 0.15) is 23.4 Å².